The number of fused-ring (bicyclic) bond motifs is 1. The van der Waals surface area contributed by atoms with Crippen LogP contribution in [0.1, 0.15) is 36.3 Å². The number of aromatic nitrogens is 3. The Kier molecular flexibility index (Phi) is 4.98. The third-order valence-corrected chi connectivity index (χ3v) is 4.76. The summed E-state index contributed by atoms with van der Waals surface area (Å²) in [5.74, 6) is 2.28. The molecule has 2 aromatic rings. The number of anilines is 1. The summed E-state index contributed by atoms with van der Waals surface area (Å²) in [6.45, 7) is 6.98. The van der Waals surface area contributed by atoms with Crippen LogP contribution >= 0.6 is 0 Å². The maximum Gasteiger partial charge on any atom is 0.151 e. The zero-order valence-electron chi connectivity index (χ0n) is 13.3. The number of nitrogens with zero attached hydrogens (tertiary/aromatic N) is 3. The molecule has 0 aromatic carbocycles. The number of unbranched alkanes of at least 4 members (excludes halogenated alkanes) is 2. The van der Waals surface area contributed by atoms with Gasteiger partial charge in [0.2, 0.25) is 0 Å². The third-order valence-electron chi connectivity index (χ3n) is 3.90. The van der Waals surface area contributed by atoms with Gasteiger partial charge in [-0.3, -0.25) is 4.21 Å². The minimum absolute atomic E-state index is 0.510. The van der Waals surface area contributed by atoms with Gasteiger partial charge < -0.3 is 10.3 Å². The maximum absolute atomic E-state index is 11.1. The highest BCUT2D eigenvalue weighted by molar-refractivity contribution is 7.84. The van der Waals surface area contributed by atoms with E-state index in [1.807, 2.05) is 13.8 Å². The fraction of sp³-hybridized carbons (Fsp3) is 0.600. The Morgan fingerprint density at radius 3 is 2.52 bits per heavy atom. The molecule has 2 heterocycles. The van der Waals surface area contributed by atoms with Gasteiger partial charge in [-0.05, 0) is 39.2 Å². The Morgan fingerprint density at radius 2 is 1.86 bits per heavy atom. The Hall–Kier alpha value is -1.43. The Morgan fingerprint density at radius 1 is 1.14 bits per heavy atom. The quantitative estimate of drug-likeness (QED) is 0.832. The molecule has 1 unspecified atom stereocenters. The summed E-state index contributed by atoms with van der Waals surface area (Å²) in [5, 5.41) is 0. The van der Waals surface area contributed by atoms with Crippen LogP contribution in [-0.2, 0) is 17.3 Å². The van der Waals surface area contributed by atoms with E-state index in [0.717, 1.165) is 59.7 Å². The van der Waals surface area contributed by atoms with Crippen molar-refractivity contribution in [1.29, 1.82) is 0 Å². The molecule has 0 spiro atoms. The van der Waals surface area contributed by atoms with E-state index in [2.05, 4.69) is 21.5 Å². The standard InChI is InChI=1S/C15H24N4OS/c1-10-11(2)17-15(16)13-14(10)19(12(3)18-13)8-6-5-7-9-21(4)20/h5-9H2,1-4H3,(H2,16,17). The van der Waals surface area contributed by atoms with Crippen LogP contribution in [0.4, 0.5) is 5.82 Å². The van der Waals surface area contributed by atoms with Crippen LogP contribution in [0.2, 0.25) is 0 Å². The van der Waals surface area contributed by atoms with Crippen molar-refractivity contribution in [3.63, 3.8) is 0 Å². The van der Waals surface area contributed by atoms with Crippen molar-refractivity contribution in [1.82, 2.24) is 14.5 Å². The molecule has 1 atom stereocenters. The summed E-state index contributed by atoms with van der Waals surface area (Å²) in [4.78, 5) is 8.92. The van der Waals surface area contributed by atoms with Crippen LogP contribution in [0.25, 0.3) is 11.0 Å². The highest BCUT2D eigenvalue weighted by Crippen LogP contribution is 2.26. The molecule has 0 saturated heterocycles. The molecule has 21 heavy (non-hydrogen) atoms. The lowest BCUT2D eigenvalue weighted by Gasteiger charge is -2.10. The summed E-state index contributed by atoms with van der Waals surface area (Å²) < 4.78 is 13.3. The van der Waals surface area contributed by atoms with Gasteiger partial charge in [0.1, 0.15) is 11.3 Å². The van der Waals surface area contributed by atoms with E-state index in [9.17, 15) is 4.21 Å². The minimum atomic E-state index is -0.686. The average Bonchev–Trinajstić information content (AvgIpc) is 2.73. The van der Waals surface area contributed by atoms with Crippen LogP contribution in [0.5, 0.6) is 0 Å². The van der Waals surface area contributed by atoms with Gasteiger partial charge in [0.25, 0.3) is 0 Å². The predicted molar refractivity (Wildman–Crippen MR) is 88.9 cm³/mol. The zero-order valence-corrected chi connectivity index (χ0v) is 14.1. The van der Waals surface area contributed by atoms with E-state index in [-0.39, 0.29) is 0 Å². The monoisotopic (exact) mass is 308 g/mol. The van der Waals surface area contributed by atoms with Crippen LogP contribution in [0, 0.1) is 20.8 Å². The average molecular weight is 308 g/mol. The second kappa shape index (κ2) is 6.56. The number of pyridine rings is 1. The van der Waals surface area contributed by atoms with Gasteiger partial charge in [0, 0.05) is 35.0 Å². The predicted octanol–water partition coefficient (Wildman–Crippen LogP) is 2.49. The fourth-order valence-electron chi connectivity index (χ4n) is 2.64. The summed E-state index contributed by atoms with van der Waals surface area (Å²) in [6, 6.07) is 0. The molecule has 0 saturated carbocycles. The fourth-order valence-corrected chi connectivity index (χ4v) is 3.25. The molecule has 0 bridgehead atoms. The summed E-state index contributed by atoms with van der Waals surface area (Å²) >= 11 is 0. The normalized spacial score (nSPS) is 13.0. The number of hydrogen-bond donors (Lipinski definition) is 1. The molecular formula is C15H24N4OS. The van der Waals surface area contributed by atoms with E-state index in [0.29, 0.717) is 5.82 Å². The molecule has 0 aliphatic rings. The molecule has 0 aliphatic carbocycles. The van der Waals surface area contributed by atoms with Crippen molar-refractivity contribution in [2.24, 2.45) is 0 Å². The van der Waals surface area contributed by atoms with Crippen LogP contribution < -0.4 is 5.73 Å². The van der Waals surface area contributed by atoms with Gasteiger partial charge in [-0.1, -0.05) is 6.42 Å². The minimum Gasteiger partial charge on any atom is -0.382 e. The second-order valence-electron chi connectivity index (χ2n) is 5.55. The van der Waals surface area contributed by atoms with Gasteiger partial charge in [-0.25, -0.2) is 9.97 Å². The number of hydrogen-bond acceptors (Lipinski definition) is 4. The summed E-state index contributed by atoms with van der Waals surface area (Å²) in [6.07, 6.45) is 4.91. The van der Waals surface area contributed by atoms with Crippen molar-refractivity contribution >= 4 is 27.7 Å². The largest absolute Gasteiger partial charge is 0.382 e. The van der Waals surface area contributed by atoms with Crippen molar-refractivity contribution in [2.45, 2.75) is 46.6 Å². The number of nitrogens with two attached hydrogens (primary N) is 1. The van der Waals surface area contributed by atoms with E-state index >= 15 is 0 Å². The highest BCUT2D eigenvalue weighted by atomic mass is 32.2. The van der Waals surface area contributed by atoms with E-state index in [1.165, 1.54) is 0 Å². The van der Waals surface area contributed by atoms with Gasteiger partial charge in [-0.2, -0.15) is 0 Å². The molecule has 0 fully saturated rings. The first-order valence-electron chi connectivity index (χ1n) is 7.31. The first kappa shape index (κ1) is 15.9. The van der Waals surface area contributed by atoms with Crippen LogP contribution in [-0.4, -0.2) is 30.8 Å². The van der Waals surface area contributed by atoms with Crippen LogP contribution in [0.3, 0.4) is 0 Å². The summed E-state index contributed by atoms with van der Waals surface area (Å²) in [5.41, 5.74) is 10.0. The van der Waals surface area contributed by atoms with E-state index in [1.54, 1.807) is 6.26 Å². The molecule has 6 heteroatoms. The number of aryl methyl sites for hydroxylation is 4. The van der Waals surface area contributed by atoms with Gasteiger partial charge in [0.05, 0.1) is 5.52 Å². The SMILES string of the molecule is Cc1nc(N)c2nc(C)n(CCCCCS(C)=O)c2c1C. The van der Waals surface area contributed by atoms with Crippen molar-refractivity contribution in [3.8, 4) is 0 Å². The molecule has 0 aliphatic heterocycles. The molecule has 2 rings (SSSR count). The van der Waals surface area contributed by atoms with Gasteiger partial charge >= 0.3 is 0 Å². The number of imidazole rings is 1. The van der Waals surface area contributed by atoms with Gasteiger partial charge in [-0.15, -0.1) is 0 Å². The lowest BCUT2D eigenvalue weighted by molar-refractivity contribution is 0.600. The Bertz CT molecular complexity index is 678. The first-order chi connectivity index (χ1) is 9.91. The van der Waals surface area contributed by atoms with Crippen molar-refractivity contribution < 1.29 is 4.21 Å². The molecule has 0 radical (unpaired) electrons. The molecular weight excluding hydrogens is 284 g/mol. The topological polar surface area (TPSA) is 73.8 Å². The number of nitrogen functional groups attached to an aromatic ring is 1. The summed E-state index contributed by atoms with van der Waals surface area (Å²) in [7, 11) is -0.686. The van der Waals surface area contributed by atoms with E-state index < -0.39 is 10.8 Å². The third kappa shape index (κ3) is 3.43. The van der Waals surface area contributed by atoms with Crippen molar-refractivity contribution in [3.05, 3.63) is 17.1 Å². The van der Waals surface area contributed by atoms with Gasteiger partial charge in [0.15, 0.2) is 5.82 Å². The second-order valence-corrected chi connectivity index (χ2v) is 7.11. The lowest BCUT2D eigenvalue weighted by atomic mass is 10.2. The van der Waals surface area contributed by atoms with E-state index in [4.69, 9.17) is 5.73 Å². The molecule has 2 aromatic heterocycles. The Balaban J connectivity index is 2.20. The maximum atomic E-state index is 11.1. The first-order valence-corrected chi connectivity index (χ1v) is 9.04. The van der Waals surface area contributed by atoms with Crippen LogP contribution in [0.15, 0.2) is 0 Å². The molecule has 2 N–H and O–H groups in total. The molecule has 116 valence electrons. The Labute approximate surface area is 128 Å². The molecule has 5 nitrogen and oxygen atoms in total. The highest BCUT2D eigenvalue weighted by Gasteiger charge is 2.15. The zero-order chi connectivity index (χ0) is 15.6. The smallest absolute Gasteiger partial charge is 0.151 e. The lowest BCUT2D eigenvalue weighted by Crippen LogP contribution is -2.04. The molecule has 0 amide bonds. The van der Waals surface area contributed by atoms with Crippen molar-refractivity contribution in [2.75, 3.05) is 17.7 Å². The number of rotatable bonds is 6.